The first kappa shape index (κ1) is 17.5. The molecule has 24 heavy (non-hydrogen) atoms. The van der Waals surface area contributed by atoms with Crippen LogP contribution in [0.2, 0.25) is 0 Å². The minimum absolute atomic E-state index is 0.0289. The van der Waals surface area contributed by atoms with Gasteiger partial charge in [0.15, 0.2) is 0 Å². The summed E-state index contributed by atoms with van der Waals surface area (Å²) in [5, 5.41) is 13.6. The number of nitrogens with zero attached hydrogens (tertiary/aromatic N) is 3. The van der Waals surface area contributed by atoms with Crippen LogP contribution in [0.4, 0.5) is 10.2 Å². The first-order chi connectivity index (χ1) is 11.4. The molecule has 0 aliphatic carbocycles. The van der Waals surface area contributed by atoms with E-state index in [1.54, 1.807) is 13.0 Å². The van der Waals surface area contributed by atoms with Gasteiger partial charge in [-0.2, -0.15) is 10.4 Å². The highest BCUT2D eigenvalue weighted by atomic mass is 19.1. The van der Waals surface area contributed by atoms with Crippen LogP contribution < -0.4 is 5.73 Å². The van der Waals surface area contributed by atoms with Crippen molar-refractivity contribution in [2.75, 3.05) is 12.3 Å². The normalized spacial score (nSPS) is 10.7. The van der Waals surface area contributed by atoms with E-state index in [1.807, 2.05) is 19.9 Å². The van der Waals surface area contributed by atoms with Crippen molar-refractivity contribution in [3.63, 3.8) is 0 Å². The van der Waals surface area contributed by atoms with Crippen LogP contribution in [0.25, 0.3) is 11.3 Å². The molecule has 1 aromatic heterocycles. The zero-order chi connectivity index (χ0) is 17.9. The molecular weight excluding hydrogens is 311 g/mol. The minimum atomic E-state index is -0.554. The van der Waals surface area contributed by atoms with Crippen LogP contribution in [0.1, 0.15) is 37.9 Å². The van der Waals surface area contributed by atoms with E-state index in [0.717, 1.165) is 0 Å². The maximum atomic E-state index is 14.3. The number of rotatable bonds is 5. The van der Waals surface area contributed by atoms with Gasteiger partial charge >= 0.3 is 5.97 Å². The number of aromatic nitrogens is 2. The number of carbonyl (C=O) groups excluding carboxylic acids is 1. The van der Waals surface area contributed by atoms with Crippen molar-refractivity contribution in [2.45, 2.75) is 33.2 Å². The van der Waals surface area contributed by atoms with Crippen LogP contribution in [0.15, 0.2) is 18.2 Å². The topological polar surface area (TPSA) is 93.9 Å². The maximum Gasteiger partial charge on any atom is 0.310 e. The fraction of sp³-hybridized carbons (Fsp3) is 0.353. The number of ether oxygens (including phenoxy) is 1. The third-order valence-corrected chi connectivity index (χ3v) is 3.52. The molecule has 2 N–H and O–H groups in total. The Morgan fingerprint density at radius 3 is 2.75 bits per heavy atom. The summed E-state index contributed by atoms with van der Waals surface area (Å²) in [5.41, 5.74) is 7.14. The van der Waals surface area contributed by atoms with E-state index in [1.165, 1.54) is 16.8 Å². The monoisotopic (exact) mass is 330 g/mol. The number of nitrogen functional groups attached to an aromatic ring is 1. The van der Waals surface area contributed by atoms with Gasteiger partial charge in [0.05, 0.1) is 13.0 Å². The number of benzene rings is 1. The Balaban J connectivity index is 2.41. The quantitative estimate of drug-likeness (QED) is 0.851. The second-order valence-electron chi connectivity index (χ2n) is 5.55. The van der Waals surface area contributed by atoms with Crippen molar-refractivity contribution in [2.24, 2.45) is 0 Å². The maximum absolute atomic E-state index is 14.3. The summed E-state index contributed by atoms with van der Waals surface area (Å²) in [4.78, 5) is 11.5. The second kappa shape index (κ2) is 7.13. The van der Waals surface area contributed by atoms with E-state index in [2.05, 4.69) is 5.10 Å². The van der Waals surface area contributed by atoms with Crippen molar-refractivity contribution in [1.29, 1.82) is 5.26 Å². The molecule has 0 spiro atoms. The lowest BCUT2D eigenvalue weighted by molar-refractivity contribution is -0.142. The molecule has 0 aliphatic heterocycles. The summed E-state index contributed by atoms with van der Waals surface area (Å²) in [6.45, 7) is 5.71. The van der Waals surface area contributed by atoms with Gasteiger partial charge in [-0.05, 0) is 32.4 Å². The van der Waals surface area contributed by atoms with Crippen LogP contribution >= 0.6 is 0 Å². The minimum Gasteiger partial charge on any atom is -0.466 e. The molecule has 0 atom stereocenters. The Morgan fingerprint density at radius 1 is 1.50 bits per heavy atom. The van der Waals surface area contributed by atoms with E-state index < -0.39 is 11.8 Å². The highest BCUT2D eigenvalue weighted by Gasteiger charge is 2.20. The van der Waals surface area contributed by atoms with Gasteiger partial charge < -0.3 is 10.5 Å². The number of nitriles is 1. The molecule has 1 heterocycles. The van der Waals surface area contributed by atoms with E-state index >= 15 is 0 Å². The molecule has 2 aromatic rings. The molecule has 0 aliphatic rings. The molecule has 2 rings (SSSR count). The fourth-order valence-corrected chi connectivity index (χ4v) is 2.36. The summed E-state index contributed by atoms with van der Waals surface area (Å²) < 4.78 is 20.6. The molecule has 0 saturated heterocycles. The van der Waals surface area contributed by atoms with Gasteiger partial charge in [-0.25, -0.2) is 9.07 Å². The van der Waals surface area contributed by atoms with Crippen molar-refractivity contribution in [3.8, 4) is 17.3 Å². The van der Waals surface area contributed by atoms with Crippen molar-refractivity contribution in [3.05, 3.63) is 35.1 Å². The van der Waals surface area contributed by atoms with Crippen LogP contribution in [-0.4, -0.2) is 22.4 Å². The van der Waals surface area contributed by atoms with E-state index in [9.17, 15) is 14.4 Å². The van der Waals surface area contributed by atoms with Crippen LogP contribution in [0.5, 0.6) is 0 Å². The molecule has 0 saturated carbocycles. The molecule has 1 aromatic carbocycles. The number of nitrogens with two attached hydrogens (primary N) is 1. The summed E-state index contributed by atoms with van der Waals surface area (Å²) in [5.74, 6) is -0.796. The lowest BCUT2D eigenvalue weighted by atomic mass is 10.0. The van der Waals surface area contributed by atoms with Crippen molar-refractivity contribution < 1.29 is 13.9 Å². The fourth-order valence-electron chi connectivity index (χ4n) is 2.36. The molecule has 126 valence electrons. The van der Waals surface area contributed by atoms with Gasteiger partial charge in [0.25, 0.3) is 0 Å². The summed E-state index contributed by atoms with van der Waals surface area (Å²) in [6.07, 6.45) is -0.145. The van der Waals surface area contributed by atoms with Gasteiger partial charge in [0.1, 0.15) is 29.0 Å². The van der Waals surface area contributed by atoms with E-state index in [0.29, 0.717) is 11.3 Å². The SMILES string of the molecule is CCOC(=O)Cc1ccc(-c2nn(C(C)C)c(N)c2C#N)cc1F. The summed E-state index contributed by atoms with van der Waals surface area (Å²) in [7, 11) is 0. The predicted octanol–water partition coefficient (Wildman–Crippen LogP) is 2.83. The van der Waals surface area contributed by atoms with Gasteiger partial charge in [-0.15, -0.1) is 0 Å². The highest BCUT2D eigenvalue weighted by molar-refractivity contribution is 5.75. The number of anilines is 1. The van der Waals surface area contributed by atoms with Gasteiger partial charge in [0, 0.05) is 11.6 Å². The van der Waals surface area contributed by atoms with Gasteiger partial charge in [0.2, 0.25) is 0 Å². The third-order valence-electron chi connectivity index (χ3n) is 3.52. The number of hydrogen-bond donors (Lipinski definition) is 1. The van der Waals surface area contributed by atoms with Crippen molar-refractivity contribution in [1.82, 2.24) is 9.78 Å². The smallest absolute Gasteiger partial charge is 0.310 e. The molecule has 0 unspecified atom stereocenters. The first-order valence-electron chi connectivity index (χ1n) is 7.61. The first-order valence-corrected chi connectivity index (χ1v) is 7.61. The van der Waals surface area contributed by atoms with Crippen LogP contribution in [0.3, 0.4) is 0 Å². The average molecular weight is 330 g/mol. The van der Waals surface area contributed by atoms with E-state index in [4.69, 9.17) is 10.5 Å². The van der Waals surface area contributed by atoms with Crippen LogP contribution in [0, 0.1) is 17.1 Å². The Hall–Kier alpha value is -2.88. The summed E-state index contributed by atoms with van der Waals surface area (Å²) in [6, 6.07) is 6.35. The lowest BCUT2D eigenvalue weighted by Crippen LogP contribution is -2.08. The van der Waals surface area contributed by atoms with Crippen molar-refractivity contribution >= 4 is 11.8 Å². The Bertz CT molecular complexity index is 806. The Kier molecular flexibility index (Phi) is 5.19. The highest BCUT2D eigenvalue weighted by Crippen LogP contribution is 2.29. The lowest BCUT2D eigenvalue weighted by Gasteiger charge is -2.07. The molecule has 0 amide bonds. The average Bonchev–Trinajstić information content (AvgIpc) is 2.86. The number of esters is 1. The summed E-state index contributed by atoms with van der Waals surface area (Å²) >= 11 is 0. The number of carbonyl (C=O) groups is 1. The number of halogens is 1. The molecule has 0 radical (unpaired) electrons. The zero-order valence-electron chi connectivity index (χ0n) is 13.8. The van der Waals surface area contributed by atoms with E-state index in [-0.39, 0.29) is 36.0 Å². The van der Waals surface area contributed by atoms with Gasteiger partial charge in [-0.1, -0.05) is 12.1 Å². The largest absolute Gasteiger partial charge is 0.466 e. The molecular formula is C17H19FN4O2. The molecule has 7 heteroatoms. The Morgan fingerprint density at radius 2 is 2.21 bits per heavy atom. The molecule has 0 bridgehead atoms. The Labute approximate surface area is 139 Å². The standard InChI is InChI=1S/C17H19FN4O2/c1-4-24-15(23)8-11-5-6-12(7-14(11)18)16-13(9-19)17(20)22(21-16)10(2)3/h5-7,10H,4,8,20H2,1-3H3. The third kappa shape index (κ3) is 3.38. The molecule has 0 fully saturated rings. The van der Waals surface area contributed by atoms with Gasteiger partial charge in [-0.3, -0.25) is 4.79 Å². The van der Waals surface area contributed by atoms with Crippen LogP contribution in [-0.2, 0) is 16.0 Å². The molecule has 6 nitrogen and oxygen atoms in total. The second-order valence-corrected chi connectivity index (χ2v) is 5.55. The number of hydrogen-bond acceptors (Lipinski definition) is 5. The zero-order valence-corrected chi connectivity index (χ0v) is 13.8. The predicted molar refractivity (Wildman–Crippen MR) is 87.5 cm³/mol.